The van der Waals surface area contributed by atoms with E-state index in [4.69, 9.17) is 21.1 Å². The van der Waals surface area contributed by atoms with Crippen LogP contribution in [-0.2, 0) is 13.2 Å². The molecule has 1 aliphatic carbocycles. The Morgan fingerprint density at radius 1 is 1.36 bits per heavy atom. The summed E-state index contributed by atoms with van der Waals surface area (Å²) in [7, 11) is 1.64. The molecule has 0 aliphatic heterocycles. The second kappa shape index (κ2) is 8.06. The topological polar surface area (TPSA) is 30.5 Å². The molecule has 1 aromatic carbocycles. The number of ether oxygens (including phenoxy) is 2. The van der Waals surface area contributed by atoms with E-state index in [1.54, 1.807) is 18.4 Å². The van der Waals surface area contributed by atoms with Gasteiger partial charge in [-0.3, -0.25) is 0 Å². The van der Waals surface area contributed by atoms with E-state index in [1.165, 1.54) is 12.8 Å². The fourth-order valence-corrected chi connectivity index (χ4v) is 3.01. The van der Waals surface area contributed by atoms with Crippen molar-refractivity contribution in [1.29, 1.82) is 0 Å². The van der Waals surface area contributed by atoms with Crippen LogP contribution in [0, 0.1) is 0 Å². The van der Waals surface area contributed by atoms with E-state index in [0.29, 0.717) is 29.2 Å². The molecule has 1 fully saturated rings. The molecule has 120 valence electrons. The molecule has 0 saturated heterocycles. The van der Waals surface area contributed by atoms with Crippen LogP contribution in [-0.4, -0.2) is 13.2 Å². The zero-order chi connectivity index (χ0) is 14.7. The summed E-state index contributed by atoms with van der Waals surface area (Å²) in [6, 6.07) is 8.66. The van der Waals surface area contributed by atoms with Crippen LogP contribution in [0.3, 0.4) is 0 Å². The van der Waals surface area contributed by atoms with Gasteiger partial charge >= 0.3 is 0 Å². The van der Waals surface area contributed by atoms with Crippen molar-refractivity contribution in [1.82, 2.24) is 5.32 Å². The lowest BCUT2D eigenvalue weighted by Crippen LogP contribution is -3.00. The summed E-state index contributed by atoms with van der Waals surface area (Å²) in [4.78, 5) is 1.16. The summed E-state index contributed by atoms with van der Waals surface area (Å²) in [6.07, 6.45) is 2.54. The Labute approximate surface area is 146 Å². The first-order chi connectivity index (χ1) is 10.3. The smallest absolute Gasteiger partial charge is 0.180 e. The molecule has 3 nitrogen and oxygen atoms in total. The molecule has 22 heavy (non-hydrogen) atoms. The van der Waals surface area contributed by atoms with Gasteiger partial charge in [0.25, 0.3) is 0 Å². The molecule has 3 rings (SSSR count). The van der Waals surface area contributed by atoms with Gasteiger partial charge in [0.1, 0.15) is 6.61 Å². The average Bonchev–Trinajstić information content (AvgIpc) is 3.17. The summed E-state index contributed by atoms with van der Waals surface area (Å²) in [5.41, 5.74) is 1.12. The van der Waals surface area contributed by atoms with Gasteiger partial charge in [-0.2, -0.15) is 0 Å². The minimum Gasteiger partial charge on any atom is -1.00 e. The number of thiophene rings is 1. The molecule has 0 unspecified atom stereocenters. The molecule has 1 saturated carbocycles. The van der Waals surface area contributed by atoms with E-state index in [2.05, 4.69) is 5.32 Å². The largest absolute Gasteiger partial charge is 1.00 e. The van der Waals surface area contributed by atoms with Crippen LogP contribution in [0.4, 0.5) is 0 Å². The first-order valence-electron chi connectivity index (χ1n) is 7.01. The average molecular weight is 359 g/mol. The standard InChI is InChI=1S/C16H18ClNO2S.ClH/c1-19-15-8-11(9-18-12-4-5-12)7-14(17)16(15)20-10-13-3-2-6-21-13;/h2-3,6-8,12,18H,4-5,9-10H2,1H3;1H/p-1. The van der Waals surface area contributed by atoms with Crippen molar-refractivity contribution < 1.29 is 21.9 Å². The number of nitrogens with one attached hydrogen (secondary N) is 1. The molecule has 0 amide bonds. The highest BCUT2D eigenvalue weighted by Gasteiger charge is 2.20. The molecule has 1 N–H and O–H groups in total. The van der Waals surface area contributed by atoms with Crippen LogP contribution < -0.4 is 27.2 Å². The minimum absolute atomic E-state index is 0. The summed E-state index contributed by atoms with van der Waals surface area (Å²) in [5, 5.41) is 6.10. The number of rotatable bonds is 7. The van der Waals surface area contributed by atoms with Crippen LogP contribution in [0.2, 0.25) is 5.02 Å². The predicted octanol–water partition coefficient (Wildman–Crippen LogP) is 1.25. The predicted molar refractivity (Wildman–Crippen MR) is 86.5 cm³/mol. The molecule has 0 radical (unpaired) electrons. The summed E-state index contributed by atoms with van der Waals surface area (Å²) in [6.45, 7) is 1.32. The molecule has 0 atom stereocenters. The van der Waals surface area contributed by atoms with Gasteiger partial charge in [-0.25, -0.2) is 0 Å². The normalized spacial score (nSPS) is 13.5. The first-order valence-corrected chi connectivity index (χ1v) is 8.27. The second-order valence-electron chi connectivity index (χ2n) is 5.13. The van der Waals surface area contributed by atoms with Crippen LogP contribution in [0.5, 0.6) is 11.5 Å². The summed E-state index contributed by atoms with van der Waals surface area (Å²) in [5.74, 6) is 1.30. The highest BCUT2D eigenvalue weighted by molar-refractivity contribution is 7.09. The lowest BCUT2D eigenvalue weighted by molar-refractivity contribution is -0.00000471. The van der Waals surface area contributed by atoms with Crippen LogP contribution in [0.25, 0.3) is 0 Å². The van der Waals surface area contributed by atoms with E-state index in [1.807, 2.05) is 29.6 Å². The zero-order valence-corrected chi connectivity index (χ0v) is 14.6. The fraction of sp³-hybridized carbons (Fsp3) is 0.375. The summed E-state index contributed by atoms with van der Waals surface area (Å²) >= 11 is 8.02. The third kappa shape index (κ3) is 4.53. The Kier molecular flexibility index (Phi) is 6.38. The highest BCUT2D eigenvalue weighted by atomic mass is 35.5. The monoisotopic (exact) mass is 358 g/mol. The fourth-order valence-electron chi connectivity index (χ4n) is 2.10. The molecule has 1 aliphatic rings. The Morgan fingerprint density at radius 2 is 2.18 bits per heavy atom. The Bertz CT molecular complexity index is 600. The van der Waals surface area contributed by atoms with Crippen LogP contribution >= 0.6 is 22.9 Å². The first kappa shape index (κ1) is 17.4. The van der Waals surface area contributed by atoms with Gasteiger partial charge in [-0.15, -0.1) is 11.3 Å². The van der Waals surface area contributed by atoms with E-state index in [9.17, 15) is 0 Å². The van der Waals surface area contributed by atoms with Gasteiger partial charge in [0.15, 0.2) is 11.5 Å². The minimum atomic E-state index is 0. The molecule has 6 heteroatoms. The van der Waals surface area contributed by atoms with Gasteiger partial charge in [-0.1, -0.05) is 17.7 Å². The van der Waals surface area contributed by atoms with Crippen molar-refractivity contribution in [3.8, 4) is 11.5 Å². The highest BCUT2D eigenvalue weighted by Crippen LogP contribution is 2.37. The van der Waals surface area contributed by atoms with Crippen molar-refractivity contribution in [3.63, 3.8) is 0 Å². The molecule has 1 aromatic heterocycles. The van der Waals surface area contributed by atoms with Gasteiger partial charge in [0.05, 0.1) is 12.1 Å². The maximum atomic E-state index is 6.36. The molecule has 0 spiro atoms. The quantitative estimate of drug-likeness (QED) is 0.807. The maximum Gasteiger partial charge on any atom is 0.180 e. The summed E-state index contributed by atoms with van der Waals surface area (Å²) < 4.78 is 11.3. The molecule has 2 aromatic rings. The number of benzene rings is 1. The Morgan fingerprint density at radius 3 is 2.82 bits per heavy atom. The number of methoxy groups -OCH3 is 1. The van der Waals surface area contributed by atoms with E-state index in [0.717, 1.165) is 17.0 Å². The van der Waals surface area contributed by atoms with Gasteiger partial charge in [0, 0.05) is 17.5 Å². The Hall–Kier alpha value is -0.940. The molecular formula is C16H18Cl2NO2S-. The van der Waals surface area contributed by atoms with Crippen molar-refractivity contribution in [2.75, 3.05) is 7.11 Å². The van der Waals surface area contributed by atoms with Gasteiger partial charge in [-0.05, 0) is 42.0 Å². The van der Waals surface area contributed by atoms with E-state index in [-0.39, 0.29) is 12.4 Å². The van der Waals surface area contributed by atoms with Crippen molar-refractivity contribution in [2.24, 2.45) is 0 Å². The lowest BCUT2D eigenvalue weighted by Gasteiger charge is -2.14. The maximum absolute atomic E-state index is 6.36. The second-order valence-corrected chi connectivity index (χ2v) is 6.57. The third-order valence-electron chi connectivity index (χ3n) is 3.40. The van der Waals surface area contributed by atoms with E-state index < -0.39 is 0 Å². The number of halogens is 2. The Balaban J connectivity index is 0.00000176. The van der Waals surface area contributed by atoms with Crippen molar-refractivity contribution in [3.05, 3.63) is 45.1 Å². The SMILES string of the molecule is COc1cc(CNC2CC2)cc(Cl)c1OCc1cccs1.[Cl-]. The third-order valence-corrected chi connectivity index (χ3v) is 4.53. The number of hydrogen-bond acceptors (Lipinski definition) is 4. The van der Waals surface area contributed by atoms with Gasteiger partial charge in [0.2, 0.25) is 0 Å². The molecular weight excluding hydrogens is 341 g/mol. The molecule has 0 bridgehead atoms. The van der Waals surface area contributed by atoms with Crippen molar-refractivity contribution in [2.45, 2.75) is 32.0 Å². The van der Waals surface area contributed by atoms with E-state index >= 15 is 0 Å². The number of hydrogen-bond donors (Lipinski definition) is 1. The van der Waals surface area contributed by atoms with Crippen molar-refractivity contribution >= 4 is 22.9 Å². The zero-order valence-electron chi connectivity index (χ0n) is 12.3. The lowest BCUT2D eigenvalue weighted by atomic mass is 10.2. The van der Waals surface area contributed by atoms with Gasteiger partial charge < -0.3 is 27.2 Å². The van der Waals surface area contributed by atoms with Crippen LogP contribution in [0.15, 0.2) is 29.6 Å². The van der Waals surface area contributed by atoms with Crippen LogP contribution in [0.1, 0.15) is 23.3 Å². The molecule has 1 heterocycles.